The summed E-state index contributed by atoms with van der Waals surface area (Å²) in [6.07, 6.45) is 10.9. The molecule has 2 saturated heterocycles. The largest absolute Gasteiger partial charge is 0.493 e. The van der Waals surface area contributed by atoms with Crippen LogP contribution in [0.15, 0.2) is 12.1 Å². The summed E-state index contributed by atoms with van der Waals surface area (Å²) in [7, 11) is 3.85. The molecule has 1 amide bonds. The zero-order valence-corrected chi connectivity index (χ0v) is 24.1. The molecule has 1 aromatic carbocycles. The summed E-state index contributed by atoms with van der Waals surface area (Å²) < 4.78 is 16.5. The fourth-order valence-electron chi connectivity index (χ4n) is 5.60. The van der Waals surface area contributed by atoms with Crippen LogP contribution in [0.1, 0.15) is 83.1 Å². The molecule has 2 atom stereocenters. The molecule has 0 spiro atoms. The number of methoxy groups -OCH3 is 1. The number of carbonyl (C=O) groups excluding carboxylic acids is 2. The van der Waals surface area contributed by atoms with E-state index in [9.17, 15) is 9.59 Å². The van der Waals surface area contributed by atoms with E-state index < -0.39 is 0 Å². The third-order valence-electron chi connectivity index (χ3n) is 7.93. The number of hydrogen-bond acceptors (Lipinski definition) is 7. The second kappa shape index (κ2) is 15.9. The van der Waals surface area contributed by atoms with Gasteiger partial charge in [0.15, 0.2) is 11.5 Å². The quantitative estimate of drug-likeness (QED) is 0.342. The van der Waals surface area contributed by atoms with Gasteiger partial charge in [-0.3, -0.25) is 9.69 Å². The molecule has 0 aliphatic carbocycles. The van der Waals surface area contributed by atoms with Gasteiger partial charge >= 0.3 is 0 Å². The highest BCUT2D eigenvalue weighted by molar-refractivity contribution is 5.76. The number of aldehydes is 1. The van der Waals surface area contributed by atoms with Crippen LogP contribution in [-0.4, -0.2) is 93.2 Å². The molecule has 38 heavy (non-hydrogen) atoms. The average molecular weight is 532 g/mol. The maximum atomic E-state index is 12.1. The van der Waals surface area contributed by atoms with Crippen molar-refractivity contribution in [2.75, 3.05) is 60.2 Å². The molecule has 4 rings (SSSR count). The van der Waals surface area contributed by atoms with E-state index in [2.05, 4.69) is 30.7 Å². The van der Waals surface area contributed by atoms with Crippen molar-refractivity contribution in [2.45, 2.75) is 83.6 Å². The van der Waals surface area contributed by atoms with E-state index >= 15 is 0 Å². The van der Waals surface area contributed by atoms with Gasteiger partial charge < -0.3 is 28.8 Å². The van der Waals surface area contributed by atoms with Gasteiger partial charge in [-0.1, -0.05) is 26.7 Å². The van der Waals surface area contributed by atoms with Crippen LogP contribution in [0.3, 0.4) is 0 Å². The predicted molar refractivity (Wildman–Crippen MR) is 150 cm³/mol. The molecule has 8 heteroatoms. The minimum absolute atomic E-state index is 0.212. The molecule has 3 aliphatic heterocycles. The molecule has 214 valence electrons. The van der Waals surface area contributed by atoms with E-state index in [1.807, 2.05) is 17.0 Å². The first kappa shape index (κ1) is 30.2. The van der Waals surface area contributed by atoms with Crippen molar-refractivity contribution in [2.24, 2.45) is 0 Å². The minimum Gasteiger partial charge on any atom is -0.493 e. The van der Waals surface area contributed by atoms with E-state index in [4.69, 9.17) is 14.2 Å². The molecule has 0 radical (unpaired) electrons. The van der Waals surface area contributed by atoms with Crippen molar-refractivity contribution >= 4 is 12.2 Å². The van der Waals surface area contributed by atoms with Gasteiger partial charge in [0, 0.05) is 32.1 Å². The first-order valence-corrected chi connectivity index (χ1v) is 14.6. The van der Waals surface area contributed by atoms with Gasteiger partial charge in [-0.2, -0.15) is 0 Å². The zero-order chi connectivity index (χ0) is 27.3. The van der Waals surface area contributed by atoms with Crippen LogP contribution >= 0.6 is 0 Å². The zero-order valence-electron chi connectivity index (χ0n) is 24.1. The summed E-state index contributed by atoms with van der Waals surface area (Å²) in [5.41, 5.74) is 1.15. The molecule has 1 aromatic rings. The standard InChI is InChI=1S/C21H28N2O5.C9H21N/c1-26-18-11-15(12-19-21(18)28-14-27-19)16-10-17(23(13-16)8-9-24)5-7-22-6-3-2-4-20(22)25;1-4-6-8-10(3)9-7-5-2/h9,11-12,16-17H,2-8,10,13-14H2,1H3;4-9H2,1-3H3/t16?,17-;/m0./s1. The summed E-state index contributed by atoms with van der Waals surface area (Å²) in [6, 6.07) is 4.35. The number of unbranched alkanes of at least 4 members (excludes halogenated alkanes) is 2. The molecule has 0 saturated carbocycles. The number of nitrogens with zero attached hydrogens (tertiary/aromatic N) is 3. The number of hydrogen-bond donors (Lipinski definition) is 0. The van der Waals surface area contributed by atoms with Crippen LogP contribution in [0.4, 0.5) is 0 Å². The monoisotopic (exact) mass is 531 g/mol. The molecular weight excluding hydrogens is 482 g/mol. The Morgan fingerprint density at radius 2 is 1.89 bits per heavy atom. The molecule has 3 heterocycles. The maximum absolute atomic E-state index is 12.1. The second-order valence-electron chi connectivity index (χ2n) is 10.8. The molecular formula is C30H49N3O5. The Bertz CT molecular complexity index is 872. The topological polar surface area (TPSA) is 71.6 Å². The fraction of sp³-hybridized carbons (Fsp3) is 0.733. The van der Waals surface area contributed by atoms with Crippen LogP contribution in [-0.2, 0) is 9.59 Å². The average Bonchev–Trinajstić information content (AvgIpc) is 3.57. The van der Waals surface area contributed by atoms with Crippen LogP contribution in [0.5, 0.6) is 17.2 Å². The first-order chi connectivity index (χ1) is 18.5. The lowest BCUT2D eigenvalue weighted by atomic mass is 9.94. The minimum atomic E-state index is 0.212. The lowest BCUT2D eigenvalue weighted by molar-refractivity contribution is -0.133. The number of rotatable bonds is 13. The first-order valence-electron chi connectivity index (χ1n) is 14.6. The highest BCUT2D eigenvalue weighted by atomic mass is 16.7. The van der Waals surface area contributed by atoms with E-state index in [0.29, 0.717) is 36.4 Å². The maximum Gasteiger partial charge on any atom is 0.231 e. The Labute approximate surface area is 229 Å². The third kappa shape index (κ3) is 8.60. The predicted octanol–water partition coefficient (Wildman–Crippen LogP) is 4.70. The molecule has 0 aromatic heterocycles. The third-order valence-corrected chi connectivity index (χ3v) is 7.93. The van der Waals surface area contributed by atoms with E-state index in [0.717, 1.165) is 62.9 Å². The Morgan fingerprint density at radius 1 is 1.13 bits per heavy atom. The molecule has 3 aliphatic rings. The van der Waals surface area contributed by atoms with Gasteiger partial charge in [0.1, 0.15) is 6.29 Å². The highest BCUT2D eigenvalue weighted by Gasteiger charge is 2.34. The normalized spacial score (nSPS) is 21.0. The highest BCUT2D eigenvalue weighted by Crippen LogP contribution is 2.45. The number of likely N-dealkylation sites (tertiary alicyclic amines) is 2. The Morgan fingerprint density at radius 3 is 2.55 bits per heavy atom. The molecule has 8 nitrogen and oxygen atoms in total. The van der Waals surface area contributed by atoms with Crippen molar-refractivity contribution < 1.29 is 23.8 Å². The number of piperidine rings is 1. The fourth-order valence-corrected chi connectivity index (χ4v) is 5.60. The van der Waals surface area contributed by atoms with Crippen molar-refractivity contribution in [3.05, 3.63) is 17.7 Å². The number of benzene rings is 1. The molecule has 2 fully saturated rings. The van der Waals surface area contributed by atoms with Gasteiger partial charge in [0.2, 0.25) is 18.4 Å². The van der Waals surface area contributed by atoms with E-state index in [-0.39, 0.29) is 12.7 Å². The SMILES string of the molecule is CCCCN(C)CCCC.COc1cc(C2C[C@H](CCN3CCCCC3=O)N(CC=O)C2)cc2c1OCO2. The lowest BCUT2D eigenvalue weighted by Gasteiger charge is -2.29. The van der Waals surface area contributed by atoms with E-state index in [1.165, 1.54) is 38.8 Å². The summed E-state index contributed by atoms with van der Waals surface area (Å²) in [5, 5.41) is 0. The summed E-state index contributed by atoms with van der Waals surface area (Å²) in [4.78, 5) is 29.9. The van der Waals surface area contributed by atoms with Crippen LogP contribution < -0.4 is 14.2 Å². The van der Waals surface area contributed by atoms with Gasteiger partial charge in [0.05, 0.1) is 13.7 Å². The second-order valence-corrected chi connectivity index (χ2v) is 10.8. The number of amides is 1. The van der Waals surface area contributed by atoms with Crippen molar-refractivity contribution in [3.63, 3.8) is 0 Å². The van der Waals surface area contributed by atoms with Gasteiger partial charge in [0.25, 0.3) is 0 Å². The lowest BCUT2D eigenvalue weighted by Crippen LogP contribution is -2.39. The van der Waals surface area contributed by atoms with Crippen molar-refractivity contribution in [1.82, 2.24) is 14.7 Å². The molecule has 0 N–H and O–H groups in total. The Balaban J connectivity index is 0.000000342. The number of carbonyl (C=O) groups is 2. The Hall–Kier alpha value is -2.32. The smallest absolute Gasteiger partial charge is 0.231 e. The Kier molecular flexibility index (Phi) is 12.7. The van der Waals surface area contributed by atoms with Crippen LogP contribution in [0.25, 0.3) is 0 Å². The summed E-state index contributed by atoms with van der Waals surface area (Å²) in [5.74, 6) is 2.63. The van der Waals surface area contributed by atoms with Crippen LogP contribution in [0, 0.1) is 0 Å². The van der Waals surface area contributed by atoms with Gasteiger partial charge in [-0.05, 0) is 82.3 Å². The van der Waals surface area contributed by atoms with Crippen molar-refractivity contribution in [3.8, 4) is 17.2 Å². The number of fused-ring (bicyclic) bond motifs is 1. The summed E-state index contributed by atoms with van der Waals surface area (Å²) >= 11 is 0. The van der Waals surface area contributed by atoms with Crippen LogP contribution in [0.2, 0.25) is 0 Å². The van der Waals surface area contributed by atoms with Gasteiger partial charge in [-0.25, -0.2) is 0 Å². The van der Waals surface area contributed by atoms with Gasteiger partial charge in [-0.15, -0.1) is 0 Å². The number of ether oxygens (including phenoxy) is 3. The molecule has 1 unspecified atom stereocenters. The van der Waals surface area contributed by atoms with E-state index in [1.54, 1.807) is 7.11 Å². The summed E-state index contributed by atoms with van der Waals surface area (Å²) in [6.45, 7) is 10.1. The van der Waals surface area contributed by atoms with Crippen molar-refractivity contribution in [1.29, 1.82) is 0 Å². The molecule has 0 bridgehead atoms.